The van der Waals surface area contributed by atoms with E-state index in [1.54, 1.807) is 7.11 Å². The summed E-state index contributed by atoms with van der Waals surface area (Å²) < 4.78 is 5.16. The van der Waals surface area contributed by atoms with Gasteiger partial charge >= 0.3 is 6.03 Å². The summed E-state index contributed by atoms with van der Waals surface area (Å²) in [7, 11) is 1.62. The fourth-order valence-electron chi connectivity index (χ4n) is 2.19. The van der Waals surface area contributed by atoms with Crippen molar-refractivity contribution in [3.05, 3.63) is 59.2 Å². The minimum Gasteiger partial charge on any atom is -0.497 e. The van der Waals surface area contributed by atoms with Crippen LogP contribution in [0.4, 0.5) is 10.5 Å². The Morgan fingerprint density at radius 3 is 2.48 bits per heavy atom. The molecule has 2 amide bonds. The number of rotatable bonds is 4. The number of benzene rings is 2. The van der Waals surface area contributed by atoms with E-state index in [1.807, 2.05) is 50.2 Å². The zero-order valence-electron chi connectivity index (χ0n) is 12.6. The van der Waals surface area contributed by atoms with Crippen molar-refractivity contribution >= 4 is 11.7 Å². The summed E-state index contributed by atoms with van der Waals surface area (Å²) in [6, 6.07) is 13.4. The number of carbonyl (C=O) groups is 1. The second kappa shape index (κ2) is 6.79. The van der Waals surface area contributed by atoms with Gasteiger partial charge in [-0.25, -0.2) is 4.79 Å². The van der Waals surface area contributed by atoms with Crippen molar-refractivity contribution in [1.82, 2.24) is 5.32 Å². The summed E-state index contributed by atoms with van der Waals surface area (Å²) in [5, 5.41) is 5.67. The third-order valence-electron chi connectivity index (χ3n) is 3.07. The van der Waals surface area contributed by atoms with Crippen LogP contribution in [0.15, 0.2) is 42.5 Å². The predicted octanol–water partition coefficient (Wildman–Crippen LogP) is 3.63. The Morgan fingerprint density at radius 2 is 1.81 bits per heavy atom. The molecule has 2 N–H and O–H groups in total. The van der Waals surface area contributed by atoms with E-state index in [1.165, 1.54) is 0 Å². The highest BCUT2D eigenvalue weighted by Crippen LogP contribution is 2.14. The van der Waals surface area contributed by atoms with Crippen molar-refractivity contribution in [2.24, 2.45) is 0 Å². The molecular formula is C17H20N2O2. The maximum absolute atomic E-state index is 11.9. The number of hydrogen-bond acceptors (Lipinski definition) is 2. The van der Waals surface area contributed by atoms with Gasteiger partial charge in [-0.3, -0.25) is 0 Å². The van der Waals surface area contributed by atoms with Crippen molar-refractivity contribution in [3.8, 4) is 5.75 Å². The zero-order valence-corrected chi connectivity index (χ0v) is 12.6. The third-order valence-corrected chi connectivity index (χ3v) is 3.07. The van der Waals surface area contributed by atoms with E-state index in [4.69, 9.17) is 4.74 Å². The largest absolute Gasteiger partial charge is 0.497 e. The number of aryl methyl sites for hydroxylation is 2. The molecular weight excluding hydrogens is 264 g/mol. The van der Waals surface area contributed by atoms with Crippen LogP contribution in [0.3, 0.4) is 0 Å². The summed E-state index contributed by atoms with van der Waals surface area (Å²) in [4.78, 5) is 11.9. The lowest BCUT2D eigenvalue weighted by molar-refractivity contribution is 0.251. The number of ether oxygens (including phenoxy) is 1. The quantitative estimate of drug-likeness (QED) is 0.900. The van der Waals surface area contributed by atoms with Gasteiger partial charge in [0.1, 0.15) is 5.75 Å². The van der Waals surface area contributed by atoms with Crippen LogP contribution in [-0.2, 0) is 6.54 Å². The van der Waals surface area contributed by atoms with Crippen molar-refractivity contribution in [2.45, 2.75) is 20.4 Å². The molecule has 0 heterocycles. The van der Waals surface area contributed by atoms with Gasteiger partial charge in [0.2, 0.25) is 0 Å². The molecule has 110 valence electrons. The number of hydrogen-bond donors (Lipinski definition) is 2. The first-order chi connectivity index (χ1) is 10.1. The van der Waals surface area contributed by atoms with Gasteiger partial charge in [-0.15, -0.1) is 0 Å². The Balaban J connectivity index is 1.92. The molecule has 0 aliphatic heterocycles. The number of carbonyl (C=O) groups excluding carboxylic acids is 1. The molecule has 0 bridgehead atoms. The van der Waals surface area contributed by atoms with Gasteiger partial charge in [0, 0.05) is 12.2 Å². The molecule has 0 spiro atoms. The van der Waals surface area contributed by atoms with Crippen molar-refractivity contribution in [1.29, 1.82) is 0 Å². The van der Waals surface area contributed by atoms with Crippen LogP contribution < -0.4 is 15.4 Å². The Kier molecular flexibility index (Phi) is 4.82. The second-order valence-electron chi connectivity index (χ2n) is 5.04. The summed E-state index contributed by atoms with van der Waals surface area (Å²) >= 11 is 0. The first kappa shape index (κ1) is 14.9. The highest BCUT2D eigenvalue weighted by atomic mass is 16.5. The van der Waals surface area contributed by atoms with E-state index >= 15 is 0 Å². The van der Waals surface area contributed by atoms with Crippen LogP contribution >= 0.6 is 0 Å². The molecule has 2 rings (SSSR count). The molecule has 0 aliphatic rings. The fourth-order valence-corrected chi connectivity index (χ4v) is 2.19. The van der Waals surface area contributed by atoms with E-state index in [0.29, 0.717) is 6.54 Å². The fraction of sp³-hybridized carbons (Fsp3) is 0.235. The number of amides is 2. The first-order valence-corrected chi connectivity index (χ1v) is 6.83. The first-order valence-electron chi connectivity index (χ1n) is 6.83. The molecule has 4 nitrogen and oxygen atoms in total. The number of nitrogens with one attached hydrogen (secondary N) is 2. The van der Waals surface area contributed by atoms with Crippen molar-refractivity contribution in [2.75, 3.05) is 12.4 Å². The van der Waals surface area contributed by atoms with E-state index in [9.17, 15) is 4.79 Å². The van der Waals surface area contributed by atoms with E-state index in [2.05, 4.69) is 16.7 Å². The van der Waals surface area contributed by atoms with Gasteiger partial charge in [0.05, 0.1) is 7.11 Å². The average molecular weight is 284 g/mol. The molecule has 0 saturated carbocycles. The highest BCUT2D eigenvalue weighted by Gasteiger charge is 2.03. The van der Waals surface area contributed by atoms with Gasteiger partial charge in [-0.1, -0.05) is 18.2 Å². The summed E-state index contributed by atoms with van der Waals surface area (Å²) in [5.74, 6) is 0.781. The number of methoxy groups -OCH3 is 1. The Bertz CT molecular complexity index is 618. The average Bonchev–Trinajstić information content (AvgIpc) is 2.44. The van der Waals surface area contributed by atoms with Gasteiger partial charge in [-0.2, -0.15) is 0 Å². The minimum atomic E-state index is -0.220. The smallest absolute Gasteiger partial charge is 0.319 e. The van der Waals surface area contributed by atoms with Crippen LogP contribution in [0.5, 0.6) is 5.75 Å². The number of urea groups is 1. The Hall–Kier alpha value is -2.49. The molecule has 4 heteroatoms. The normalized spacial score (nSPS) is 10.0. The van der Waals surface area contributed by atoms with Gasteiger partial charge in [0.25, 0.3) is 0 Å². The van der Waals surface area contributed by atoms with Crippen molar-refractivity contribution in [3.63, 3.8) is 0 Å². The molecule has 0 aromatic heterocycles. The summed E-state index contributed by atoms with van der Waals surface area (Å²) in [6.07, 6.45) is 0. The second-order valence-corrected chi connectivity index (χ2v) is 5.04. The van der Waals surface area contributed by atoms with Crippen molar-refractivity contribution < 1.29 is 9.53 Å². The summed E-state index contributed by atoms with van der Waals surface area (Å²) in [5.41, 5.74) is 4.04. The molecule has 0 aliphatic carbocycles. The lowest BCUT2D eigenvalue weighted by atomic mass is 10.1. The molecule has 0 unspecified atom stereocenters. The van der Waals surface area contributed by atoms with E-state index < -0.39 is 0 Å². The maximum Gasteiger partial charge on any atom is 0.319 e. The molecule has 0 atom stereocenters. The lowest BCUT2D eigenvalue weighted by Crippen LogP contribution is -2.28. The zero-order chi connectivity index (χ0) is 15.2. The lowest BCUT2D eigenvalue weighted by Gasteiger charge is -2.10. The Morgan fingerprint density at radius 1 is 1.10 bits per heavy atom. The SMILES string of the molecule is COc1cccc(CNC(=O)Nc2cc(C)cc(C)c2)c1. The van der Waals surface area contributed by atoms with Crippen LogP contribution in [0.2, 0.25) is 0 Å². The monoisotopic (exact) mass is 284 g/mol. The minimum absolute atomic E-state index is 0.220. The molecule has 0 fully saturated rings. The molecule has 2 aromatic carbocycles. The highest BCUT2D eigenvalue weighted by molar-refractivity contribution is 5.89. The molecule has 0 saturated heterocycles. The van der Waals surface area contributed by atoms with Crippen LogP contribution in [0.25, 0.3) is 0 Å². The van der Waals surface area contributed by atoms with Gasteiger partial charge in [-0.05, 0) is 54.8 Å². The molecule has 21 heavy (non-hydrogen) atoms. The summed E-state index contributed by atoms with van der Waals surface area (Å²) in [6.45, 7) is 4.46. The van der Waals surface area contributed by atoms with Crippen LogP contribution in [0, 0.1) is 13.8 Å². The van der Waals surface area contributed by atoms with Crippen LogP contribution in [0.1, 0.15) is 16.7 Å². The molecule has 0 radical (unpaired) electrons. The van der Waals surface area contributed by atoms with E-state index in [-0.39, 0.29) is 6.03 Å². The van der Waals surface area contributed by atoms with E-state index in [0.717, 1.165) is 28.1 Å². The maximum atomic E-state index is 11.9. The topological polar surface area (TPSA) is 50.4 Å². The standard InChI is InChI=1S/C17H20N2O2/c1-12-7-13(2)9-15(8-12)19-17(20)18-11-14-5-4-6-16(10-14)21-3/h4-10H,11H2,1-3H3,(H2,18,19,20). The van der Waals surface area contributed by atoms with Gasteiger partial charge in [0.15, 0.2) is 0 Å². The molecule has 2 aromatic rings. The predicted molar refractivity (Wildman–Crippen MR) is 84.8 cm³/mol. The number of anilines is 1. The van der Waals surface area contributed by atoms with Gasteiger partial charge < -0.3 is 15.4 Å². The Labute approximate surface area is 125 Å². The van der Waals surface area contributed by atoms with Crippen LogP contribution in [-0.4, -0.2) is 13.1 Å². The third kappa shape index (κ3) is 4.53.